The first-order valence-electron chi connectivity index (χ1n) is 5.33. The molecule has 0 radical (unpaired) electrons. The summed E-state index contributed by atoms with van der Waals surface area (Å²) in [6, 6.07) is 9.95. The molecule has 2 N–H and O–H groups in total. The Balaban J connectivity index is 2.63. The number of hydrogen-bond acceptors (Lipinski definition) is 3. The second-order valence-corrected chi connectivity index (χ2v) is 3.71. The van der Waals surface area contributed by atoms with Gasteiger partial charge >= 0.3 is 0 Å². The lowest BCUT2D eigenvalue weighted by Gasteiger charge is -2.25. The SMILES string of the molecule is CC(O)CN(CCCO)c1ccccc1. The molecule has 84 valence electrons. The predicted octanol–water partition coefficient (Wildman–Crippen LogP) is 1.26. The van der Waals surface area contributed by atoms with Crippen LogP contribution in [0.15, 0.2) is 30.3 Å². The van der Waals surface area contributed by atoms with Crippen molar-refractivity contribution in [2.75, 3.05) is 24.6 Å². The summed E-state index contributed by atoms with van der Waals surface area (Å²) in [6.07, 6.45) is 0.366. The zero-order valence-electron chi connectivity index (χ0n) is 9.13. The van der Waals surface area contributed by atoms with E-state index in [0.29, 0.717) is 6.54 Å². The van der Waals surface area contributed by atoms with Gasteiger partial charge in [-0.25, -0.2) is 0 Å². The van der Waals surface area contributed by atoms with Gasteiger partial charge in [-0.3, -0.25) is 0 Å². The van der Waals surface area contributed by atoms with E-state index in [2.05, 4.69) is 4.90 Å². The van der Waals surface area contributed by atoms with Gasteiger partial charge in [-0.15, -0.1) is 0 Å². The van der Waals surface area contributed by atoms with Crippen LogP contribution in [-0.2, 0) is 0 Å². The van der Waals surface area contributed by atoms with Crippen LogP contribution in [0.3, 0.4) is 0 Å². The number of anilines is 1. The van der Waals surface area contributed by atoms with Gasteiger partial charge in [-0.05, 0) is 25.5 Å². The average Bonchev–Trinajstić information content (AvgIpc) is 2.25. The number of benzene rings is 1. The van der Waals surface area contributed by atoms with Crippen molar-refractivity contribution in [1.82, 2.24) is 0 Å². The molecule has 0 aliphatic rings. The van der Waals surface area contributed by atoms with E-state index in [1.807, 2.05) is 30.3 Å². The van der Waals surface area contributed by atoms with Crippen LogP contribution in [0.2, 0.25) is 0 Å². The molecule has 1 atom stereocenters. The molecule has 0 aliphatic heterocycles. The number of nitrogens with zero attached hydrogens (tertiary/aromatic N) is 1. The zero-order valence-corrected chi connectivity index (χ0v) is 9.13. The lowest BCUT2D eigenvalue weighted by molar-refractivity contribution is 0.198. The van der Waals surface area contributed by atoms with Crippen LogP contribution in [0.4, 0.5) is 5.69 Å². The normalized spacial score (nSPS) is 12.5. The molecular formula is C12H19NO2. The van der Waals surface area contributed by atoms with Crippen molar-refractivity contribution in [2.24, 2.45) is 0 Å². The first kappa shape index (κ1) is 12.0. The Bertz CT molecular complexity index is 262. The van der Waals surface area contributed by atoms with Crippen molar-refractivity contribution in [2.45, 2.75) is 19.4 Å². The number of aliphatic hydroxyl groups is 2. The van der Waals surface area contributed by atoms with Crippen LogP contribution in [-0.4, -0.2) is 36.0 Å². The summed E-state index contributed by atoms with van der Waals surface area (Å²) in [5.74, 6) is 0. The molecule has 0 heterocycles. The first-order valence-corrected chi connectivity index (χ1v) is 5.33. The van der Waals surface area contributed by atoms with Gasteiger partial charge in [-0.1, -0.05) is 18.2 Å². The standard InChI is InChI=1S/C12H19NO2/c1-11(15)10-13(8-5-9-14)12-6-3-2-4-7-12/h2-4,6-7,11,14-15H,5,8-10H2,1H3. The summed E-state index contributed by atoms with van der Waals surface area (Å²) in [4.78, 5) is 2.08. The highest BCUT2D eigenvalue weighted by Crippen LogP contribution is 2.13. The predicted molar refractivity (Wildman–Crippen MR) is 62.0 cm³/mol. The van der Waals surface area contributed by atoms with Gasteiger partial charge in [0.15, 0.2) is 0 Å². The molecule has 1 aromatic carbocycles. The molecule has 3 heteroatoms. The third-order valence-electron chi connectivity index (χ3n) is 2.19. The van der Waals surface area contributed by atoms with Gasteiger partial charge in [0, 0.05) is 25.4 Å². The van der Waals surface area contributed by atoms with Crippen LogP contribution < -0.4 is 4.90 Å². The lowest BCUT2D eigenvalue weighted by atomic mass is 10.2. The van der Waals surface area contributed by atoms with Crippen molar-refractivity contribution in [3.8, 4) is 0 Å². The highest BCUT2D eigenvalue weighted by molar-refractivity contribution is 5.45. The molecule has 1 unspecified atom stereocenters. The minimum absolute atomic E-state index is 0.184. The number of hydrogen-bond donors (Lipinski definition) is 2. The van der Waals surface area contributed by atoms with Crippen LogP contribution in [0.1, 0.15) is 13.3 Å². The van der Waals surface area contributed by atoms with E-state index in [1.54, 1.807) is 6.92 Å². The van der Waals surface area contributed by atoms with E-state index >= 15 is 0 Å². The zero-order chi connectivity index (χ0) is 11.1. The molecule has 1 aromatic rings. The summed E-state index contributed by atoms with van der Waals surface area (Å²) >= 11 is 0. The molecule has 0 fully saturated rings. The highest BCUT2D eigenvalue weighted by atomic mass is 16.3. The average molecular weight is 209 g/mol. The van der Waals surface area contributed by atoms with Gasteiger partial charge < -0.3 is 15.1 Å². The summed E-state index contributed by atoms with van der Waals surface area (Å²) < 4.78 is 0. The molecule has 0 aromatic heterocycles. The van der Waals surface area contributed by atoms with Crippen LogP contribution >= 0.6 is 0 Å². The van der Waals surface area contributed by atoms with Crippen LogP contribution in [0.25, 0.3) is 0 Å². The van der Waals surface area contributed by atoms with E-state index in [9.17, 15) is 5.11 Å². The van der Waals surface area contributed by atoms with Gasteiger partial charge in [0.25, 0.3) is 0 Å². The largest absolute Gasteiger partial charge is 0.396 e. The first-order chi connectivity index (χ1) is 7.24. The Labute approximate surface area is 91.0 Å². The van der Waals surface area contributed by atoms with Crippen molar-refractivity contribution in [1.29, 1.82) is 0 Å². The number of aliphatic hydroxyl groups excluding tert-OH is 2. The second-order valence-electron chi connectivity index (χ2n) is 3.71. The van der Waals surface area contributed by atoms with Crippen molar-refractivity contribution in [3.63, 3.8) is 0 Å². The van der Waals surface area contributed by atoms with E-state index in [-0.39, 0.29) is 12.7 Å². The monoisotopic (exact) mass is 209 g/mol. The molecule has 0 saturated carbocycles. The maximum absolute atomic E-state index is 9.38. The number of rotatable bonds is 6. The van der Waals surface area contributed by atoms with Gasteiger partial charge in [0.05, 0.1) is 6.10 Å². The van der Waals surface area contributed by atoms with Gasteiger partial charge in [-0.2, -0.15) is 0 Å². The fraction of sp³-hybridized carbons (Fsp3) is 0.500. The Morgan fingerprint density at radius 2 is 1.93 bits per heavy atom. The van der Waals surface area contributed by atoms with E-state index in [4.69, 9.17) is 5.11 Å². The van der Waals surface area contributed by atoms with Crippen LogP contribution in [0, 0.1) is 0 Å². The molecule has 1 rings (SSSR count). The third-order valence-corrected chi connectivity index (χ3v) is 2.19. The Morgan fingerprint density at radius 1 is 1.27 bits per heavy atom. The van der Waals surface area contributed by atoms with E-state index < -0.39 is 0 Å². The molecule has 0 amide bonds. The second kappa shape index (κ2) is 6.43. The quantitative estimate of drug-likeness (QED) is 0.741. The van der Waals surface area contributed by atoms with E-state index in [1.165, 1.54) is 0 Å². The van der Waals surface area contributed by atoms with Gasteiger partial charge in [0.2, 0.25) is 0 Å². The molecule has 0 aliphatic carbocycles. The molecular weight excluding hydrogens is 190 g/mol. The maximum atomic E-state index is 9.38. The highest BCUT2D eigenvalue weighted by Gasteiger charge is 2.08. The fourth-order valence-corrected chi connectivity index (χ4v) is 1.55. The Morgan fingerprint density at radius 3 is 2.47 bits per heavy atom. The molecule has 0 saturated heterocycles. The fourth-order valence-electron chi connectivity index (χ4n) is 1.55. The van der Waals surface area contributed by atoms with Gasteiger partial charge in [0.1, 0.15) is 0 Å². The van der Waals surface area contributed by atoms with Crippen molar-refractivity contribution < 1.29 is 10.2 Å². The summed E-state index contributed by atoms with van der Waals surface area (Å²) in [5, 5.41) is 18.2. The lowest BCUT2D eigenvalue weighted by Crippen LogP contribution is -2.32. The maximum Gasteiger partial charge on any atom is 0.0687 e. The van der Waals surface area contributed by atoms with Crippen molar-refractivity contribution >= 4 is 5.69 Å². The summed E-state index contributed by atoms with van der Waals surface area (Å²) in [5.41, 5.74) is 1.09. The molecule has 3 nitrogen and oxygen atoms in total. The summed E-state index contributed by atoms with van der Waals surface area (Å²) in [6.45, 7) is 3.33. The smallest absolute Gasteiger partial charge is 0.0687 e. The third kappa shape index (κ3) is 4.32. The Kier molecular flexibility index (Phi) is 5.15. The molecule has 0 bridgehead atoms. The minimum atomic E-state index is -0.358. The molecule has 0 spiro atoms. The Hall–Kier alpha value is -1.06. The van der Waals surface area contributed by atoms with Crippen LogP contribution in [0.5, 0.6) is 0 Å². The van der Waals surface area contributed by atoms with E-state index in [0.717, 1.165) is 18.7 Å². The topological polar surface area (TPSA) is 43.7 Å². The summed E-state index contributed by atoms with van der Waals surface area (Å²) in [7, 11) is 0. The van der Waals surface area contributed by atoms with Crippen molar-refractivity contribution in [3.05, 3.63) is 30.3 Å². The molecule has 15 heavy (non-hydrogen) atoms. The number of para-hydroxylation sites is 1. The minimum Gasteiger partial charge on any atom is -0.396 e.